The van der Waals surface area contributed by atoms with Crippen LogP contribution in [-0.2, 0) is 6.42 Å². The first-order valence-electron chi connectivity index (χ1n) is 12.3. The monoisotopic (exact) mass is 478 g/mol. The lowest BCUT2D eigenvalue weighted by Gasteiger charge is -1.95. The minimum absolute atomic E-state index is 0.915. The summed E-state index contributed by atoms with van der Waals surface area (Å²) in [5.74, 6) is 0. The molecule has 4 nitrogen and oxygen atoms in total. The van der Waals surface area contributed by atoms with E-state index in [2.05, 4.69) is 74.7 Å². The number of nitrogens with zero attached hydrogens (tertiary/aromatic N) is 2. The molecule has 6 rings (SSSR count). The minimum Gasteiger partial charge on any atom is -0.355 e. The highest BCUT2D eigenvalue weighted by atomic mass is 32.1. The van der Waals surface area contributed by atoms with Crippen LogP contribution in [-0.4, -0.2) is 19.9 Å². The van der Waals surface area contributed by atoms with Crippen molar-refractivity contribution in [2.75, 3.05) is 0 Å². The third kappa shape index (κ3) is 6.46. The highest BCUT2D eigenvalue weighted by Gasteiger charge is 2.02. The lowest BCUT2D eigenvalue weighted by atomic mass is 10.1. The highest BCUT2D eigenvalue weighted by molar-refractivity contribution is 7.09. The predicted molar refractivity (Wildman–Crippen MR) is 151 cm³/mol. The van der Waals surface area contributed by atoms with Crippen LogP contribution in [0.2, 0.25) is 0 Å². The maximum absolute atomic E-state index is 4.62. The van der Waals surface area contributed by atoms with Gasteiger partial charge < -0.3 is 9.97 Å². The van der Waals surface area contributed by atoms with Crippen LogP contribution in [0.25, 0.3) is 46.4 Å². The van der Waals surface area contributed by atoms with Gasteiger partial charge in [0.25, 0.3) is 0 Å². The van der Waals surface area contributed by atoms with Crippen molar-refractivity contribution in [3.63, 3.8) is 0 Å². The van der Waals surface area contributed by atoms with Crippen LogP contribution in [0.5, 0.6) is 0 Å². The van der Waals surface area contributed by atoms with E-state index >= 15 is 0 Å². The van der Waals surface area contributed by atoms with Crippen molar-refractivity contribution in [2.45, 2.75) is 39.0 Å². The Morgan fingerprint density at radius 2 is 1.17 bits per heavy atom. The summed E-state index contributed by atoms with van der Waals surface area (Å²) < 4.78 is 0. The normalized spacial score (nSPS) is 11.9. The van der Waals surface area contributed by atoms with Crippen LogP contribution in [0.3, 0.4) is 0 Å². The Kier molecular flexibility index (Phi) is 7.35. The number of rotatable bonds is 5. The number of hydrogen-bond acceptors (Lipinski definition) is 3. The summed E-state index contributed by atoms with van der Waals surface area (Å²) in [6.07, 6.45) is 14.8. The van der Waals surface area contributed by atoms with Crippen LogP contribution in [0, 0.1) is 0 Å². The van der Waals surface area contributed by atoms with Crippen molar-refractivity contribution in [3.8, 4) is 0 Å². The average molecular weight is 479 g/mol. The molecule has 0 aliphatic carbocycles. The molecule has 0 aromatic carbocycles. The van der Waals surface area contributed by atoms with Gasteiger partial charge in [0.05, 0.1) is 22.8 Å². The van der Waals surface area contributed by atoms with Crippen LogP contribution >= 0.6 is 11.3 Å². The number of nitrogens with one attached hydrogen (secondary N) is 2. The van der Waals surface area contributed by atoms with Gasteiger partial charge in [-0.3, -0.25) is 0 Å². The first-order valence-corrected chi connectivity index (χ1v) is 13.2. The van der Waals surface area contributed by atoms with Gasteiger partial charge >= 0.3 is 0 Å². The van der Waals surface area contributed by atoms with Gasteiger partial charge in [-0.15, -0.1) is 11.3 Å². The molecule has 0 saturated heterocycles. The molecule has 2 N–H and O–H groups in total. The summed E-state index contributed by atoms with van der Waals surface area (Å²) in [5.41, 5.74) is 7.86. The van der Waals surface area contributed by atoms with E-state index in [1.54, 1.807) is 4.88 Å². The molecule has 176 valence electrons. The first kappa shape index (κ1) is 23.1. The van der Waals surface area contributed by atoms with Gasteiger partial charge in [0.1, 0.15) is 0 Å². The zero-order valence-electron chi connectivity index (χ0n) is 20.0. The molecule has 4 aromatic heterocycles. The molecule has 0 saturated carbocycles. The fraction of sp³-hybridized carbons (Fsp3) is 0.200. The molecule has 0 spiro atoms. The number of aryl methyl sites for hydroxylation is 1. The average Bonchev–Trinajstić information content (AvgIpc) is 3.67. The fourth-order valence-electron chi connectivity index (χ4n) is 4.12. The molecule has 4 aromatic rings. The van der Waals surface area contributed by atoms with Crippen molar-refractivity contribution >= 4 is 57.7 Å². The third-order valence-electron chi connectivity index (χ3n) is 5.90. The lowest BCUT2D eigenvalue weighted by molar-refractivity contribution is 0.670. The zero-order valence-corrected chi connectivity index (χ0v) is 20.8. The van der Waals surface area contributed by atoms with Gasteiger partial charge in [-0.1, -0.05) is 32.3 Å². The van der Waals surface area contributed by atoms with Crippen LogP contribution in [0.4, 0.5) is 0 Å². The standard InChI is InChI=1S/C20H14N4.C10H16S/c1-2-14-10-16-5-6-18(23-16)12-20-8-7-19(24-20)11-17-4-3-15(22-17)9-13(1)21-14;1-2-3-4-5-7-10-8-6-9-11-10/h1-12,21-22H;6,8-9H,2-5,7H2,1H3. The molecule has 6 heterocycles. The Balaban J connectivity index is 0.000000195. The van der Waals surface area contributed by atoms with Crippen LogP contribution < -0.4 is 0 Å². The minimum atomic E-state index is 0.915. The molecule has 0 radical (unpaired) electrons. The summed E-state index contributed by atoms with van der Waals surface area (Å²) in [6, 6.07) is 20.8. The van der Waals surface area contributed by atoms with E-state index in [1.165, 1.54) is 32.1 Å². The summed E-state index contributed by atoms with van der Waals surface area (Å²) in [6.45, 7) is 2.26. The van der Waals surface area contributed by atoms with E-state index in [1.807, 2.05) is 53.8 Å². The lowest BCUT2D eigenvalue weighted by Crippen LogP contribution is -1.80. The molecular formula is C30H30N4S. The number of thiophene rings is 1. The Morgan fingerprint density at radius 1 is 0.629 bits per heavy atom. The van der Waals surface area contributed by atoms with E-state index in [4.69, 9.17) is 0 Å². The van der Waals surface area contributed by atoms with Crippen molar-refractivity contribution < 1.29 is 0 Å². The number of fused-ring (bicyclic) bond motifs is 8. The molecule has 2 aliphatic rings. The Morgan fingerprint density at radius 3 is 1.69 bits per heavy atom. The van der Waals surface area contributed by atoms with E-state index in [9.17, 15) is 0 Å². The second kappa shape index (κ2) is 11.2. The fourth-order valence-corrected chi connectivity index (χ4v) is 4.88. The third-order valence-corrected chi connectivity index (χ3v) is 6.83. The summed E-state index contributed by atoms with van der Waals surface area (Å²) in [5, 5.41) is 2.16. The molecule has 0 amide bonds. The van der Waals surface area contributed by atoms with Crippen molar-refractivity contribution in [2.24, 2.45) is 0 Å². The van der Waals surface area contributed by atoms with Gasteiger partial charge in [-0.05, 0) is 97.1 Å². The van der Waals surface area contributed by atoms with Gasteiger partial charge in [-0.25, -0.2) is 9.97 Å². The summed E-state index contributed by atoms with van der Waals surface area (Å²) in [4.78, 5) is 17.6. The Hall–Kier alpha value is -3.70. The molecule has 5 heteroatoms. The van der Waals surface area contributed by atoms with Gasteiger partial charge in [0.15, 0.2) is 0 Å². The second-order valence-corrected chi connectivity index (χ2v) is 9.83. The maximum Gasteiger partial charge on any atom is 0.0659 e. The van der Waals surface area contributed by atoms with Crippen LogP contribution in [0.15, 0.2) is 66.0 Å². The van der Waals surface area contributed by atoms with Crippen molar-refractivity contribution in [1.82, 2.24) is 19.9 Å². The number of aromatic nitrogens is 4. The number of H-pyrrole nitrogens is 2. The van der Waals surface area contributed by atoms with Gasteiger partial charge in [-0.2, -0.15) is 0 Å². The zero-order chi connectivity index (χ0) is 23.9. The van der Waals surface area contributed by atoms with Gasteiger partial charge in [0, 0.05) is 26.9 Å². The second-order valence-electron chi connectivity index (χ2n) is 8.80. The molecule has 0 atom stereocenters. The first-order chi connectivity index (χ1) is 17.2. The molecular weight excluding hydrogens is 448 g/mol. The predicted octanol–water partition coefficient (Wildman–Crippen LogP) is 8.53. The van der Waals surface area contributed by atoms with E-state index in [0.717, 1.165) is 44.8 Å². The number of aromatic amines is 2. The van der Waals surface area contributed by atoms with E-state index in [0.29, 0.717) is 0 Å². The number of hydrogen-bond donors (Lipinski definition) is 2. The molecule has 2 aliphatic heterocycles. The van der Waals surface area contributed by atoms with E-state index < -0.39 is 0 Å². The summed E-state index contributed by atoms with van der Waals surface area (Å²) >= 11 is 1.88. The van der Waals surface area contributed by atoms with Crippen molar-refractivity contribution in [1.29, 1.82) is 0 Å². The van der Waals surface area contributed by atoms with Crippen molar-refractivity contribution in [3.05, 3.63) is 93.7 Å². The quantitative estimate of drug-likeness (QED) is 0.244. The Labute approximate surface area is 210 Å². The van der Waals surface area contributed by atoms with E-state index in [-0.39, 0.29) is 0 Å². The number of unbranched alkanes of at least 4 members (excludes halogenated alkanes) is 3. The summed E-state index contributed by atoms with van der Waals surface area (Å²) in [7, 11) is 0. The highest BCUT2D eigenvalue weighted by Crippen LogP contribution is 2.17. The molecule has 0 unspecified atom stereocenters. The smallest absolute Gasteiger partial charge is 0.0659 e. The van der Waals surface area contributed by atoms with Gasteiger partial charge in [0.2, 0.25) is 0 Å². The SMILES string of the molecule is C1=Cc2cc3ccc(cc4ccc(cc5nc(cc1n2)C=C5)[nH]4)[nH]3.CCCCCCc1cccs1. The Bertz CT molecular complexity index is 1400. The molecule has 35 heavy (non-hydrogen) atoms. The van der Waals surface area contributed by atoms with Crippen LogP contribution in [0.1, 0.15) is 60.3 Å². The topological polar surface area (TPSA) is 57.4 Å². The molecule has 8 bridgehead atoms. The largest absolute Gasteiger partial charge is 0.355 e. The maximum atomic E-state index is 4.62. The molecule has 0 fully saturated rings.